The Hall–Kier alpha value is -2.80. The average Bonchev–Trinajstić information content (AvgIpc) is 3.44. The van der Waals surface area contributed by atoms with Gasteiger partial charge in [-0.2, -0.15) is 0 Å². The molecule has 0 amide bonds. The van der Waals surface area contributed by atoms with Crippen LogP contribution in [-0.4, -0.2) is 47.0 Å². The predicted octanol–water partition coefficient (Wildman–Crippen LogP) is 3.39. The minimum atomic E-state index is 0.392. The minimum Gasteiger partial charge on any atom is -0.497 e. The van der Waals surface area contributed by atoms with Gasteiger partial charge in [0.15, 0.2) is 0 Å². The van der Waals surface area contributed by atoms with Gasteiger partial charge in [-0.15, -0.1) is 10.2 Å². The zero-order valence-corrected chi connectivity index (χ0v) is 16.8. The summed E-state index contributed by atoms with van der Waals surface area (Å²) in [6.07, 6.45) is 1.06. The number of methoxy groups -OCH3 is 2. The summed E-state index contributed by atoms with van der Waals surface area (Å²) in [4.78, 5) is 2.34. The quantitative estimate of drug-likeness (QED) is 0.651. The molecule has 3 aromatic rings. The van der Waals surface area contributed by atoms with E-state index in [-0.39, 0.29) is 0 Å². The van der Waals surface area contributed by atoms with Gasteiger partial charge in [0.25, 0.3) is 5.89 Å². The molecule has 1 fully saturated rings. The van der Waals surface area contributed by atoms with E-state index in [9.17, 15) is 0 Å². The highest BCUT2D eigenvalue weighted by atomic mass is 16.5. The molecule has 4 rings (SSSR count). The molecule has 1 saturated heterocycles. The van der Waals surface area contributed by atoms with E-state index in [4.69, 9.17) is 13.9 Å². The van der Waals surface area contributed by atoms with Crippen LogP contribution in [-0.2, 0) is 13.6 Å². The van der Waals surface area contributed by atoms with Crippen molar-refractivity contribution in [3.8, 4) is 23.1 Å². The molecule has 0 aliphatic carbocycles. The molecule has 7 heteroatoms. The Kier molecular flexibility index (Phi) is 5.09. The van der Waals surface area contributed by atoms with Crippen molar-refractivity contribution < 1.29 is 13.9 Å². The molecule has 1 unspecified atom stereocenters. The Morgan fingerprint density at radius 2 is 2.00 bits per heavy atom. The minimum absolute atomic E-state index is 0.392. The third-order valence-electron chi connectivity index (χ3n) is 5.57. The van der Waals surface area contributed by atoms with Crippen LogP contribution < -0.4 is 9.47 Å². The van der Waals surface area contributed by atoms with Crippen molar-refractivity contribution in [2.75, 3.05) is 27.3 Å². The maximum absolute atomic E-state index is 5.92. The number of nitrogens with zero attached hydrogens (tertiary/aromatic N) is 4. The first kappa shape index (κ1) is 18.6. The van der Waals surface area contributed by atoms with E-state index in [1.54, 1.807) is 14.2 Å². The number of ether oxygens (including phenoxy) is 2. The van der Waals surface area contributed by atoms with Gasteiger partial charge in [0.05, 0.1) is 20.8 Å². The molecule has 148 valence electrons. The molecule has 2 aromatic heterocycles. The molecule has 0 saturated carbocycles. The van der Waals surface area contributed by atoms with Crippen molar-refractivity contribution in [2.45, 2.75) is 25.8 Å². The van der Waals surface area contributed by atoms with E-state index in [0.29, 0.717) is 24.2 Å². The fourth-order valence-electron chi connectivity index (χ4n) is 3.83. The Labute approximate surface area is 164 Å². The SMILES string of the molecule is COc1ccc(OC)c(C2CCN(Cc3nnc(-c4ccc(C)n4C)o3)C2)c1. The van der Waals surface area contributed by atoms with Crippen LogP contribution in [0.1, 0.15) is 29.5 Å². The number of likely N-dealkylation sites (tertiary alicyclic amines) is 1. The Morgan fingerprint density at radius 3 is 2.71 bits per heavy atom. The standard InChI is InChI=1S/C21H26N4O3/c1-14-5-7-18(24(14)2)21-23-22-20(28-21)13-25-10-9-15(12-25)17-11-16(26-3)6-8-19(17)27-4/h5-8,11,15H,9-10,12-13H2,1-4H3. The van der Waals surface area contributed by atoms with Gasteiger partial charge in [-0.25, -0.2) is 0 Å². The first-order chi connectivity index (χ1) is 13.6. The number of aryl methyl sites for hydroxylation is 1. The van der Waals surface area contributed by atoms with Gasteiger partial charge < -0.3 is 18.5 Å². The highest BCUT2D eigenvalue weighted by Gasteiger charge is 2.28. The summed E-state index contributed by atoms with van der Waals surface area (Å²) in [7, 11) is 5.40. The summed E-state index contributed by atoms with van der Waals surface area (Å²) in [5, 5.41) is 8.48. The zero-order chi connectivity index (χ0) is 19.7. The van der Waals surface area contributed by atoms with Crippen molar-refractivity contribution in [2.24, 2.45) is 7.05 Å². The van der Waals surface area contributed by atoms with E-state index in [1.165, 1.54) is 5.56 Å². The van der Waals surface area contributed by atoms with Crippen LogP contribution in [0.25, 0.3) is 11.6 Å². The molecular weight excluding hydrogens is 356 g/mol. The largest absolute Gasteiger partial charge is 0.497 e. The second-order valence-electron chi connectivity index (χ2n) is 7.25. The molecule has 1 atom stereocenters. The van der Waals surface area contributed by atoms with E-state index in [2.05, 4.69) is 32.7 Å². The molecule has 1 aliphatic rings. The molecule has 0 bridgehead atoms. The predicted molar refractivity (Wildman–Crippen MR) is 106 cm³/mol. The summed E-state index contributed by atoms with van der Waals surface area (Å²) >= 11 is 0. The molecule has 0 spiro atoms. The molecule has 7 nitrogen and oxygen atoms in total. The second kappa shape index (κ2) is 7.67. The van der Waals surface area contributed by atoms with Crippen LogP contribution in [0.4, 0.5) is 0 Å². The van der Waals surface area contributed by atoms with Crippen LogP contribution in [0.15, 0.2) is 34.7 Å². The lowest BCUT2D eigenvalue weighted by molar-refractivity contribution is 0.288. The fourth-order valence-corrected chi connectivity index (χ4v) is 3.83. The number of hydrogen-bond acceptors (Lipinski definition) is 6. The molecule has 1 aliphatic heterocycles. The third-order valence-corrected chi connectivity index (χ3v) is 5.57. The molecule has 0 N–H and O–H groups in total. The van der Waals surface area contributed by atoms with E-state index < -0.39 is 0 Å². The van der Waals surface area contributed by atoms with Gasteiger partial charge in [-0.3, -0.25) is 4.90 Å². The van der Waals surface area contributed by atoms with Crippen molar-refractivity contribution in [3.05, 3.63) is 47.5 Å². The number of aromatic nitrogens is 3. The lowest BCUT2D eigenvalue weighted by Crippen LogP contribution is -2.20. The van der Waals surface area contributed by atoms with Crippen molar-refractivity contribution >= 4 is 0 Å². The Bertz CT molecular complexity index is 962. The van der Waals surface area contributed by atoms with Gasteiger partial charge in [-0.05, 0) is 50.2 Å². The van der Waals surface area contributed by atoms with Gasteiger partial charge in [0.2, 0.25) is 5.89 Å². The maximum Gasteiger partial charge on any atom is 0.264 e. The normalized spacial score (nSPS) is 17.2. The lowest BCUT2D eigenvalue weighted by Gasteiger charge is -2.17. The summed E-state index contributed by atoms with van der Waals surface area (Å²) in [5.74, 6) is 3.37. The lowest BCUT2D eigenvalue weighted by atomic mass is 9.97. The van der Waals surface area contributed by atoms with Crippen LogP contribution in [0.2, 0.25) is 0 Å². The van der Waals surface area contributed by atoms with Crippen molar-refractivity contribution in [3.63, 3.8) is 0 Å². The van der Waals surface area contributed by atoms with Crippen molar-refractivity contribution in [1.82, 2.24) is 19.7 Å². The summed E-state index contributed by atoms with van der Waals surface area (Å²) in [6, 6.07) is 10.0. The van der Waals surface area contributed by atoms with Crippen LogP contribution in [0, 0.1) is 6.92 Å². The van der Waals surface area contributed by atoms with Crippen LogP contribution in [0.3, 0.4) is 0 Å². The van der Waals surface area contributed by atoms with Crippen molar-refractivity contribution in [1.29, 1.82) is 0 Å². The average molecular weight is 382 g/mol. The zero-order valence-electron chi connectivity index (χ0n) is 16.8. The highest BCUT2D eigenvalue weighted by Crippen LogP contribution is 2.36. The number of benzene rings is 1. The maximum atomic E-state index is 5.92. The molecule has 3 heterocycles. The summed E-state index contributed by atoms with van der Waals surface area (Å²) in [6.45, 7) is 4.60. The van der Waals surface area contributed by atoms with E-state index >= 15 is 0 Å². The summed E-state index contributed by atoms with van der Waals surface area (Å²) < 4.78 is 18.9. The van der Waals surface area contributed by atoms with E-state index in [0.717, 1.165) is 42.4 Å². The third kappa shape index (κ3) is 3.49. The first-order valence-corrected chi connectivity index (χ1v) is 9.48. The smallest absolute Gasteiger partial charge is 0.264 e. The fraction of sp³-hybridized carbons (Fsp3) is 0.429. The topological polar surface area (TPSA) is 65.6 Å². The number of hydrogen-bond donors (Lipinski definition) is 0. The van der Waals surface area contributed by atoms with Gasteiger partial charge in [0.1, 0.15) is 17.2 Å². The molecule has 0 radical (unpaired) electrons. The summed E-state index contributed by atoms with van der Waals surface area (Å²) in [5.41, 5.74) is 3.29. The first-order valence-electron chi connectivity index (χ1n) is 9.48. The second-order valence-corrected chi connectivity index (χ2v) is 7.25. The molecule has 28 heavy (non-hydrogen) atoms. The van der Waals surface area contributed by atoms with Gasteiger partial charge in [0, 0.05) is 30.8 Å². The van der Waals surface area contributed by atoms with Crippen LogP contribution in [0.5, 0.6) is 11.5 Å². The number of rotatable bonds is 6. The monoisotopic (exact) mass is 382 g/mol. The highest BCUT2D eigenvalue weighted by molar-refractivity contribution is 5.49. The Morgan fingerprint density at radius 1 is 1.14 bits per heavy atom. The van der Waals surface area contributed by atoms with E-state index in [1.807, 2.05) is 31.3 Å². The van der Waals surface area contributed by atoms with Crippen LogP contribution >= 0.6 is 0 Å². The molecular formula is C21H26N4O3. The van der Waals surface area contributed by atoms with Gasteiger partial charge >= 0.3 is 0 Å². The molecule has 1 aromatic carbocycles. The Balaban J connectivity index is 1.45. The van der Waals surface area contributed by atoms with Gasteiger partial charge in [-0.1, -0.05) is 0 Å².